The average molecular weight is 377 g/mol. The quantitative estimate of drug-likeness (QED) is 0.576. The molecule has 4 rings (SSSR count). The molecule has 0 aliphatic carbocycles. The van der Waals surface area contributed by atoms with Crippen LogP contribution in [-0.2, 0) is 6.54 Å². The van der Waals surface area contributed by atoms with Crippen molar-refractivity contribution in [3.8, 4) is 11.5 Å². The summed E-state index contributed by atoms with van der Waals surface area (Å²) in [5.74, 6) is 1.66. The molecule has 0 amide bonds. The van der Waals surface area contributed by atoms with E-state index in [1.54, 1.807) is 40.1 Å². The molecule has 7 nitrogen and oxygen atoms in total. The third-order valence-electron chi connectivity index (χ3n) is 4.42. The molecule has 0 bridgehead atoms. The number of hydrogen-bond donors (Lipinski definition) is 1. The summed E-state index contributed by atoms with van der Waals surface area (Å²) in [5, 5.41) is 7.61. The van der Waals surface area contributed by atoms with E-state index < -0.39 is 0 Å². The fourth-order valence-corrected chi connectivity index (χ4v) is 3.08. The van der Waals surface area contributed by atoms with Crippen LogP contribution < -0.4 is 5.32 Å². The first kappa shape index (κ1) is 17.8. The molecule has 0 aliphatic heterocycles. The lowest BCUT2D eigenvalue weighted by Gasteiger charge is -2.10. The number of aromatic nitrogens is 6. The lowest BCUT2D eigenvalue weighted by molar-refractivity contribution is 0.614. The van der Waals surface area contributed by atoms with Crippen molar-refractivity contribution in [2.45, 2.75) is 27.3 Å². The molecule has 3 heterocycles. The van der Waals surface area contributed by atoms with E-state index in [1.807, 2.05) is 32.9 Å². The highest BCUT2D eigenvalue weighted by atomic mass is 19.1. The Kier molecular flexibility index (Phi) is 4.60. The molecule has 0 saturated heterocycles. The van der Waals surface area contributed by atoms with Gasteiger partial charge in [0.15, 0.2) is 5.82 Å². The third kappa shape index (κ3) is 3.48. The fraction of sp³-hybridized carbons (Fsp3) is 0.200. The van der Waals surface area contributed by atoms with Gasteiger partial charge in [0.1, 0.15) is 17.5 Å². The van der Waals surface area contributed by atoms with E-state index in [1.165, 1.54) is 6.07 Å². The molecule has 0 atom stereocenters. The van der Waals surface area contributed by atoms with Gasteiger partial charge in [0.05, 0.1) is 23.8 Å². The van der Waals surface area contributed by atoms with Gasteiger partial charge in [-0.05, 0) is 44.5 Å². The zero-order chi connectivity index (χ0) is 19.7. The molecule has 0 radical (unpaired) electrons. The summed E-state index contributed by atoms with van der Waals surface area (Å²) in [6, 6.07) is 7.12. The summed E-state index contributed by atoms with van der Waals surface area (Å²) in [5.41, 5.74) is 3.18. The van der Waals surface area contributed by atoms with Crippen LogP contribution in [-0.4, -0.2) is 29.3 Å². The van der Waals surface area contributed by atoms with Crippen LogP contribution >= 0.6 is 0 Å². The number of benzene rings is 1. The van der Waals surface area contributed by atoms with E-state index in [-0.39, 0.29) is 5.82 Å². The van der Waals surface area contributed by atoms with Crippen LogP contribution in [0.3, 0.4) is 0 Å². The number of nitrogens with one attached hydrogen (secondary N) is 1. The van der Waals surface area contributed by atoms with Crippen LogP contribution in [0.5, 0.6) is 0 Å². The summed E-state index contributed by atoms with van der Waals surface area (Å²) >= 11 is 0. The van der Waals surface area contributed by atoms with E-state index >= 15 is 0 Å². The summed E-state index contributed by atoms with van der Waals surface area (Å²) in [6.45, 7) is 6.16. The molecule has 3 aromatic heterocycles. The van der Waals surface area contributed by atoms with Crippen LogP contribution in [0.25, 0.3) is 11.5 Å². The second-order valence-electron chi connectivity index (χ2n) is 6.59. The van der Waals surface area contributed by atoms with Crippen LogP contribution in [0.2, 0.25) is 0 Å². The van der Waals surface area contributed by atoms with Gasteiger partial charge in [-0.25, -0.2) is 19.0 Å². The molecule has 142 valence electrons. The Morgan fingerprint density at radius 1 is 1.11 bits per heavy atom. The van der Waals surface area contributed by atoms with Gasteiger partial charge >= 0.3 is 0 Å². The number of aryl methyl sites for hydroxylation is 3. The molecule has 1 aromatic carbocycles. The molecule has 1 N–H and O–H groups in total. The Morgan fingerprint density at radius 2 is 1.96 bits per heavy atom. The number of halogens is 1. The normalized spacial score (nSPS) is 11.0. The number of rotatable bonds is 5. The largest absolute Gasteiger partial charge is 0.365 e. The number of hydrogen-bond acceptors (Lipinski definition) is 5. The van der Waals surface area contributed by atoms with Crippen molar-refractivity contribution in [3.63, 3.8) is 0 Å². The Labute approximate surface area is 161 Å². The van der Waals surface area contributed by atoms with Gasteiger partial charge in [0.25, 0.3) is 0 Å². The SMILES string of the molecule is Cc1cc(C)n(-c2cncc(NCc3ccc(-n4ccnc4C)c(F)c3)n2)n1. The molecule has 0 fully saturated rings. The predicted molar refractivity (Wildman–Crippen MR) is 104 cm³/mol. The van der Waals surface area contributed by atoms with Crippen molar-refractivity contribution in [2.24, 2.45) is 0 Å². The number of imidazole rings is 1. The van der Waals surface area contributed by atoms with Gasteiger partial charge in [-0.15, -0.1) is 0 Å². The van der Waals surface area contributed by atoms with Gasteiger partial charge in [-0.2, -0.15) is 5.10 Å². The summed E-state index contributed by atoms with van der Waals surface area (Å²) < 4.78 is 18.0. The van der Waals surface area contributed by atoms with Crippen LogP contribution in [0.1, 0.15) is 22.8 Å². The Hall–Kier alpha value is -3.55. The smallest absolute Gasteiger partial charge is 0.174 e. The molecular weight excluding hydrogens is 357 g/mol. The highest BCUT2D eigenvalue weighted by molar-refractivity contribution is 5.41. The van der Waals surface area contributed by atoms with Gasteiger partial charge < -0.3 is 9.88 Å². The Bertz CT molecular complexity index is 1130. The van der Waals surface area contributed by atoms with Gasteiger partial charge in [0, 0.05) is 24.6 Å². The zero-order valence-electron chi connectivity index (χ0n) is 15.9. The standard InChI is InChI=1S/C20H20FN7/c1-13-8-14(2)28(26-13)20-12-22-11-19(25-20)24-10-16-4-5-18(17(21)9-16)27-7-6-23-15(27)3/h4-9,11-12H,10H2,1-3H3,(H,24,25). The first-order chi connectivity index (χ1) is 13.5. The first-order valence-corrected chi connectivity index (χ1v) is 8.89. The molecule has 0 unspecified atom stereocenters. The number of nitrogens with zero attached hydrogens (tertiary/aromatic N) is 6. The molecular formula is C20H20FN7. The first-order valence-electron chi connectivity index (χ1n) is 8.89. The van der Waals surface area contributed by atoms with Crippen molar-refractivity contribution in [2.75, 3.05) is 5.32 Å². The summed E-state index contributed by atoms with van der Waals surface area (Å²) in [6.07, 6.45) is 6.69. The summed E-state index contributed by atoms with van der Waals surface area (Å²) in [4.78, 5) is 12.9. The minimum Gasteiger partial charge on any atom is -0.365 e. The summed E-state index contributed by atoms with van der Waals surface area (Å²) in [7, 11) is 0. The highest BCUT2D eigenvalue weighted by Crippen LogP contribution is 2.18. The zero-order valence-corrected chi connectivity index (χ0v) is 15.9. The lowest BCUT2D eigenvalue weighted by atomic mass is 10.2. The molecule has 0 saturated carbocycles. The Balaban J connectivity index is 1.51. The predicted octanol–water partition coefficient (Wildman–Crippen LogP) is 3.52. The van der Waals surface area contributed by atoms with E-state index in [0.717, 1.165) is 22.8 Å². The number of anilines is 1. The minimum atomic E-state index is -0.303. The molecule has 4 aromatic rings. The van der Waals surface area contributed by atoms with E-state index in [9.17, 15) is 4.39 Å². The van der Waals surface area contributed by atoms with Crippen LogP contribution in [0, 0.1) is 26.6 Å². The average Bonchev–Trinajstić information content (AvgIpc) is 3.25. The van der Waals surface area contributed by atoms with E-state index in [4.69, 9.17) is 0 Å². The second kappa shape index (κ2) is 7.22. The monoisotopic (exact) mass is 377 g/mol. The minimum absolute atomic E-state index is 0.303. The van der Waals surface area contributed by atoms with Gasteiger partial charge in [-0.3, -0.25) is 4.98 Å². The van der Waals surface area contributed by atoms with Crippen LogP contribution in [0.15, 0.2) is 49.1 Å². The van der Waals surface area contributed by atoms with Gasteiger partial charge in [0.2, 0.25) is 0 Å². The van der Waals surface area contributed by atoms with Crippen LogP contribution in [0.4, 0.5) is 10.2 Å². The van der Waals surface area contributed by atoms with E-state index in [0.29, 0.717) is 23.9 Å². The van der Waals surface area contributed by atoms with Gasteiger partial charge in [-0.1, -0.05) is 6.07 Å². The molecule has 0 spiro atoms. The highest BCUT2D eigenvalue weighted by Gasteiger charge is 2.09. The fourth-order valence-electron chi connectivity index (χ4n) is 3.08. The molecule has 28 heavy (non-hydrogen) atoms. The topological polar surface area (TPSA) is 73.5 Å². The van der Waals surface area contributed by atoms with Crippen molar-refractivity contribution in [1.82, 2.24) is 29.3 Å². The third-order valence-corrected chi connectivity index (χ3v) is 4.42. The van der Waals surface area contributed by atoms with Crippen molar-refractivity contribution < 1.29 is 4.39 Å². The van der Waals surface area contributed by atoms with Crippen molar-refractivity contribution >= 4 is 5.82 Å². The second-order valence-corrected chi connectivity index (χ2v) is 6.59. The maximum atomic E-state index is 14.5. The molecule has 0 aliphatic rings. The van der Waals surface area contributed by atoms with Crippen molar-refractivity contribution in [3.05, 3.63) is 77.6 Å². The Morgan fingerprint density at radius 3 is 2.64 bits per heavy atom. The maximum Gasteiger partial charge on any atom is 0.174 e. The maximum absolute atomic E-state index is 14.5. The van der Waals surface area contributed by atoms with E-state index in [2.05, 4.69) is 25.4 Å². The van der Waals surface area contributed by atoms with Crippen molar-refractivity contribution in [1.29, 1.82) is 0 Å². The lowest BCUT2D eigenvalue weighted by Crippen LogP contribution is -2.07. The molecule has 8 heteroatoms.